The summed E-state index contributed by atoms with van der Waals surface area (Å²) in [6.07, 6.45) is 2.68. The van der Waals surface area contributed by atoms with E-state index in [1.807, 2.05) is 43.5 Å². The number of hydrogen-bond donors (Lipinski definition) is 1. The summed E-state index contributed by atoms with van der Waals surface area (Å²) in [5, 5.41) is 4.57. The van der Waals surface area contributed by atoms with Crippen molar-refractivity contribution >= 4 is 16.6 Å². The van der Waals surface area contributed by atoms with Crippen LogP contribution in [0.25, 0.3) is 10.9 Å². The number of aryl methyl sites for hydroxylation is 1. The summed E-state index contributed by atoms with van der Waals surface area (Å²) in [6, 6.07) is 15.0. The lowest BCUT2D eigenvalue weighted by Gasteiger charge is -2.10. The highest BCUT2D eigenvalue weighted by molar-refractivity contribution is 5.90. The van der Waals surface area contributed by atoms with Gasteiger partial charge in [-0.25, -0.2) is 4.39 Å². The van der Waals surface area contributed by atoms with Crippen LogP contribution >= 0.6 is 0 Å². The molecule has 2 nitrogen and oxygen atoms in total. The van der Waals surface area contributed by atoms with Gasteiger partial charge in [-0.05, 0) is 48.7 Å². The maximum absolute atomic E-state index is 13.1. The predicted octanol–water partition coefficient (Wildman–Crippen LogP) is 4.34. The largest absolute Gasteiger partial charge is 0.384 e. The summed E-state index contributed by atoms with van der Waals surface area (Å²) < 4.78 is 13.1. The molecule has 0 aliphatic heterocycles. The number of pyridine rings is 1. The van der Waals surface area contributed by atoms with Crippen molar-refractivity contribution in [1.82, 2.24) is 4.98 Å². The van der Waals surface area contributed by atoms with Gasteiger partial charge in [0.25, 0.3) is 0 Å². The molecule has 21 heavy (non-hydrogen) atoms. The zero-order valence-electron chi connectivity index (χ0n) is 11.9. The van der Waals surface area contributed by atoms with Gasteiger partial charge in [0.2, 0.25) is 0 Å². The van der Waals surface area contributed by atoms with Crippen molar-refractivity contribution < 1.29 is 4.39 Å². The maximum Gasteiger partial charge on any atom is 0.123 e. The van der Waals surface area contributed by atoms with Crippen molar-refractivity contribution in [3.63, 3.8) is 0 Å². The van der Waals surface area contributed by atoms with Crippen molar-refractivity contribution in [3.05, 3.63) is 71.7 Å². The van der Waals surface area contributed by atoms with E-state index in [1.54, 1.807) is 6.07 Å². The molecule has 0 aliphatic rings. The first-order valence-electron chi connectivity index (χ1n) is 7.07. The van der Waals surface area contributed by atoms with E-state index in [2.05, 4.69) is 16.4 Å². The lowest BCUT2D eigenvalue weighted by Crippen LogP contribution is -2.06. The van der Waals surface area contributed by atoms with Crippen molar-refractivity contribution in [2.24, 2.45) is 0 Å². The van der Waals surface area contributed by atoms with Crippen LogP contribution in [0.5, 0.6) is 0 Å². The summed E-state index contributed by atoms with van der Waals surface area (Å²) in [4.78, 5) is 4.35. The Balaban J connectivity index is 1.72. The van der Waals surface area contributed by atoms with E-state index in [1.165, 1.54) is 11.6 Å². The minimum absolute atomic E-state index is 0.177. The Morgan fingerprint density at radius 2 is 1.95 bits per heavy atom. The normalized spacial score (nSPS) is 10.8. The van der Waals surface area contributed by atoms with Gasteiger partial charge in [0.15, 0.2) is 0 Å². The fraction of sp³-hybridized carbons (Fsp3) is 0.167. The zero-order valence-corrected chi connectivity index (χ0v) is 11.9. The second-order valence-corrected chi connectivity index (χ2v) is 5.12. The Morgan fingerprint density at radius 1 is 1.10 bits per heavy atom. The molecule has 1 N–H and O–H groups in total. The van der Waals surface area contributed by atoms with E-state index in [0.717, 1.165) is 35.1 Å². The molecule has 0 aliphatic carbocycles. The molecule has 3 aromatic rings. The number of anilines is 1. The Bertz CT molecular complexity index is 763. The van der Waals surface area contributed by atoms with E-state index in [-0.39, 0.29) is 5.82 Å². The average Bonchev–Trinajstić information content (AvgIpc) is 2.50. The van der Waals surface area contributed by atoms with Gasteiger partial charge < -0.3 is 5.32 Å². The van der Waals surface area contributed by atoms with Gasteiger partial charge in [0.1, 0.15) is 5.82 Å². The van der Waals surface area contributed by atoms with Gasteiger partial charge >= 0.3 is 0 Å². The molecule has 1 heterocycles. The van der Waals surface area contributed by atoms with Crippen LogP contribution in [0, 0.1) is 12.7 Å². The number of benzene rings is 2. The zero-order chi connectivity index (χ0) is 14.7. The SMILES string of the molecule is Cc1cc(F)ccc1CCNc1ccnc2ccccc12. The molecule has 0 saturated heterocycles. The molecule has 1 aromatic heterocycles. The lowest BCUT2D eigenvalue weighted by atomic mass is 10.1. The molecule has 0 radical (unpaired) electrons. The third-order valence-electron chi connectivity index (χ3n) is 3.66. The Labute approximate surface area is 123 Å². The monoisotopic (exact) mass is 280 g/mol. The minimum atomic E-state index is -0.177. The third kappa shape index (κ3) is 3.02. The van der Waals surface area contributed by atoms with Gasteiger partial charge in [0.05, 0.1) is 5.52 Å². The summed E-state index contributed by atoms with van der Waals surface area (Å²) in [5.41, 5.74) is 4.24. The molecule has 0 unspecified atom stereocenters. The molecular weight excluding hydrogens is 263 g/mol. The highest BCUT2D eigenvalue weighted by Gasteiger charge is 2.02. The van der Waals surface area contributed by atoms with Crippen LogP contribution in [0.3, 0.4) is 0 Å². The van der Waals surface area contributed by atoms with Crippen molar-refractivity contribution in [2.45, 2.75) is 13.3 Å². The second kappa shape index (κ2) is 5.92. The summed E-state index contributed by atoms with van der Waals surface area (Å²) in [7, 11) is 0. The quantitative estimate of drug-likeness (QED) is 0.769. The van der Waals surface area contributed by atoms with Gasteiger partial charge in [-0.15, -0.1) is 0 Å². The van der Waals surface area contributed by atoms with Crippen LogP contribution in [0.1, 0.15) is 11.1 Å². The second-order valence-electron chi connectivity index (χ2n) is 5.12. The highest BCUT2D eigenvalue weighted by atomic mass is 19.1. The molecule has 0 amide bonds. The molecular formula is C18H17FN2. The number of nitrogens with one attached hydrogen (secondary N) is 1. The summed E-state index contributed by atoms with van der Waals surface area (Å²) in [5.74, 6) is -0.177. The van der Waals surface area contributed by atoms with Gasteiger partial charge in [-0.3, -0.25) is 4.98 Å². The van der Waals surface area contributed by atoms with Gasteiger partial charge in [0, 0.05) is 23.8 Å². The van der Waals surface area contributed by atoms with Crippen LogP contribution in [0.4, 0.5) is 10.1 Å². The molecule has 0 fully saturated rings. The Kier molecular flexibility index (Phi) is 3.82. The number of halogens is 1. The number of nitrogens with zero attached hydrogens (tertiary/aromatic N) is 1. The first kappa shape index (κ1) is 13.6. The molecule has 0 saturated carbocycles. The van der Waals surface area contributed by atoms with Crippen molar-refractivity contribution in [2.75, 3.05) is 11.9 Å². The number of fused-ring (bicyclic) bond motifs is 1. The highest BCUT2D eigenvalue weighted by Crippen LogP contribution is 2.21. The van der Waals surface area contributed by atoms with Crippen molar-refractivity contribution in [3.8, 4) is 0 Å². The number of para-hydroxylation sites is 1. The Morgan fingerprint density at radius 3 is 2.81 bits per heavy atom. The van der Waals surface area contributed by atoms with E-state index < -0.39 is 0 Å². The van der Waals surface area contributed by atoms with Crippen LogP contribution in [-0.2, 0) is 6.42 Å². The van der Waals surface area contributed by atoms with E-state index in [9.17, 15) is 4.39 Å². The van der Waals surface area contributed by atoms with Crippen LogP contribution in [0.15, 0.2) is 54.7 Å². The molecule has 106 valence electrons. The molecule has 0 spiro atoms. The molecule has 2 aromatic carbocycles. The number of hydrogen-bond acceptors (Lipinski definition) is 2. The Hall–Kier alpha value is -2.42. The van der Waals surface area contributed by atoms with E-state index in [4.69, 9.17) is 0 Å². The smallest absolute Gasteiger partial charge is 0.123 e. The van der Waals surface area contributed by atoms with Crippen LogP contribution < -0.4 is 5.32 Å². The summed E-state index contributed by atoms with van der Waals surface area (Å²) in [6.45, 7) is 2.75. The van der Waals surface area contributed by atoms with Crippen LogP contribution in [-0.4, -0.2) is 11.5 Å². The van der Waals surface area contributed by atoms with E-state index >= 15 is 0 Å². The number of rotatable bonds is 4. The first-order valence-corrected chi connectivity index (χ1v) is 7.07. The summed E-state index contributed by atoms with van der Waals surface area (Å²) >= 11 is 0. The number of aromatic nitrogens is 1. The average molecular weight is 280 g/mol. The fourth-order valence-corrected chi connectivity index (χ4v) is 2.52. The maximum atomic E-state index is 13.1. The minimum Gasteiger partial charge on any atom is -0.384 e. The molecule has 3 heteroatoms. The molecule has 0 atom stereocenters. The molecule has 0 bridgehead atoms. The topological polar surface area (TPSA) is 24.9 Å². The lowest BCUT2D eigenvalue weighted by molar-refractivity contribution is 0.625. The van der Waals surface area contributed by atoms with Crippen molar-refractivity contribution in [1.29, 1.82) is 0 Å². The van der Waals surface area contributed by atoms with Crippen LogP contribution in [0.2, 0.25) is 0 Å². The first-order chi connectivity index (χ1) is 10.2. The van der Waals surface area contributed by atoms with Gasteiger partial charge in [-0.1, -0.05) is 24.3 Å². The fourth-order valence-electron chi connectivity index (χ4n) is 2.52. The van der Waals surface area contributed by atoms with Gasteiger partial charge in [-0.2, -0.15) is 0 Å². The third-order valence-corrected chi connectivity index (χ3v) is 3.66. The molecule has 3 rings (SSSR count). The standard InChI is InChI=1S/C18H17FN2/c1-13-12-15(19)7-6-14(13)8-10-20-18-9-11-21-17-5-3-2-4-16(17)18/h2-7,9,11-12H,8,10H2,1H3,(H,20,21). The van der Waals surface area contributed by atoms with E-state index in [0.29, 0.717) is 0 Å². The predicted molar refractivity (Wildman–Crippen MR) is 85.1 cm³/mol.